The lowest BCUT2D eigenvalue weighted by molar-refractivity contribution is -0.129. The summed E-state index contributed by atoms with van der Waals surface area (Å²) in [6.07, 6.45) is 0. The smallest absolute Gasteiger partial charge is 0.237 e. The number of carbonyl (C=O) groups is 1. The van der Waals surface area contributed by atoms with E-state index in [9.17, 15) is 4.79 Å². The second-order valence-corrected chi connectivity index (χ2v) is 5.21. The molecule has 1 heterocycles. The Morgan fingerprint density at radius 3 is 2.81 bits per heavy atom. The van der Waals surface area contributed by atoms with Crippen LogP contribution in [0.15, 0.2) is 0 Å². The second-order valence-electron chi connectivity index (χ2n) is 5.21. The van der Waals surface area contributed by atoms with Gasteiger partial charge >= 0.3 is 0 Å². The van der Waals surface area contributed by atoms with E-state index in [1.165, 1.54) is 0 Å². The Hall–Kier alpha value is -0.650. The summed E-state index contributed by atoms with van der Waals surface area (Å²) in [5, 5.41) is 3.39. The predicted molar refractivity (Wildman–Crippen MR) is 63.1 cm³/mol. The fourth-order valence-corrected chi connectivity index (χ4v) is 1.74. The zero-order chi connectivity index (χ0) is 12.2. The highest BCUT2D eigenvalue weighted by Gasteiger charge is 2.27. The average Bonchev–Trinajstić information content (AvgIpc) is 2.16. The Morgan fingerprint density at radius 1 is 1.56 bits per heavy atom. The maximum absolute atomic E-state index is 11.2. The largest absolute Gasteiger partial charge is 0.378 e. The molecule has 0 aromatic carbocycles. The van der Waals surface area contributed by atoms with Gasteiger partial charge in [-0.15, -0.1) is 0 Å². The molecule has 0 saturated carbocycles. The van der Waals surface area contributed by atoms with Gasteiger partial charge in [0.1, 0.15) is 6.04 Å². The summed E-state index contributed by atoms with van der Waals surface area (Å²) in [7, 11) is 0. The van der Waals surface area contributed by atoms with E-state index in [2.05, 4.69) is 31.0 Å². The summed E-state index contributed by atoms with van der Waals surface area (Å²) in [5.74, 6) is -0.296. The average molecular weight is 229 g/mol. The van der Waals surface area contributed by atoms with Crippen LogP contribution in [0.25, 0.3) is 0 Å². The molecule has 1 rings (SSSR count). The molecule has 5 nitrogen and oxygen atoms in total. The van der Waals surface area contributed by atoms with E-state index in [1.54, 1.807) is 0 Å². The van der Waals surface area contributed by atoms with Gasteiger partial charge in [-0.25, -0.2) is 0 Å². The predicted octanol–water partition coefficient (Wildman–Crippen LogP) is -0.439. The van der Waals surface area contributed by atoms with E-state index in [4.69, 9.17) is 10.5 Å². The molecule has 5 heteroatoms. The van der Waals surface area contributed by atoms with Crippen molar-refractivity contribution in [3.63, 3.8) is 0 Å². The number of hydrogen-bond donors (Lipinski definition) is 2. The van der Waals surface area contributed by atoms with Crippen molar-refractivity contribution in [2.75, 3.05) is 32.8 Å². The Balaban J connectivity index is 2.36. The molecular weight excluding hydrogens is 206 g/mol. The molecule has 0 aromatic heterocycles. The van der Waals surface area contributed by atoms with E-state index in [0.717, 1.165) is 19.6 Å². The lowest BCUT2D eigenvalue weighted by Crippen LogP contribution is -2.54. The molecule has 1 aliphatic rings. The van der Waals surface area contributed by atoms with Crippen LogP contribution in [0.4, 0.5) is 0 Å². The molecule has 1 fully saturated rings. The molecule has 0 aliphatic carbocycles. The van der Waals surface area contributed by atoms with Crippen molar-refractivity contribution in [2.45, 2.75) is 32.4 Å². The van der Waals surface area contributed by atoms with Gasteiger partial charge < -0.3 is 15.8 Å². The zero-order valence-corrected chi connectivity index (χ0v) is 10.5. The summed E-state index contributed by atoms with van der Waals surface area (Å²) in [6, 6.07) is -0.268. The maximum atomic E-state index is 11.2. The summed E-state index contributed by atoms with van der Waals surface area (Å²) < 4.78 is 5.26. The number of hydrogen-bond acceptors (Lipinski definition) is 4. The monoisotopic (exact) mass is 229 g/mol. The number of nitrogens with two attached hydrogens (primary N) is 1. The van der Waals surface area contributed by atoms with Crippen LogP contribution in [-0.2, 0) is 9.53 Å². The van der Waals surface area contributed by atoms with E-state index >= 15 is 0 Å². The molecule has 16 heavy (non-hydrogen) atoms. The van der Waals surface area contributed by atoms with Crippen molar-refractivity contribution in [1.29, 1.82) is 0 Å². The Morgan fingerprint density at radius 2 is 2.25 bits per heavy atom. The number of rotatable bonds is 4. The Labute approximate surface area is 97.3 Å². The van der Waals surface area contributed by atoms with Crippen molar-refractivity contribution in [3.05, 3.63) is 0 Å². The third-order valence-electron chi connectivity index (χ3n) is 2.62. The number of morpholine rings is 1. The molecule has 1 unspecified atom stereocenters. The highest BCUT2D eigenvalue weighted by Crippen LogP contribution is 2.06. The normalized spacial score (nSPS) is 23.3. The minimum atomic E-state index is -0.296. The molecular formula is C11H23N3O2. The van der Waals surface area contributed by atoms with Crippen LogP contribution >= 0.6 is 0 Å². The highest BCUT2D eigenvalue weighted by atomic mass is 16.5. The number of amides is 1. The summed E-state index contributed by atoms with van der Waals surface area (Å²) in [5.41, 5.74) is 5.44. The number of nitrogens with zero attached hydrogens (tertiary/aromatic N) is 1. The quantitative estimate of drug-likeness (QED) is 0.686. The number of carbonyl (C=O) groups excluding carboxylic acids is 1. The number of primary amides is 1. The molecule has 1 atom stereocenters. The number of nitrogens with one attached hydrogen (secondary N) is 1. The first-order valence-corrected chi connectivity index (χ1v) is 5.76. The minimum absolute atomic E-state index is 0.106. The van der Waals surface area contributed by atoms with Gasteiger partial charge in [-0.3, -0.25) is 9.69 Å². The van der Waals surface area contributed by atoms with Gasteiger partial charge in [0.25, 0.3) is 0 Å². The SMILES string of the molecule is CC(C)(C)NCCN1CCOCC1C(N)=O. The van der Waals surface area contributed by atoms with E-state index in [1.807, 2.05) is 0 Å². The van der Waals surface area contributed by atoms with Gasteiger partial charge in [0.05, 0.1) is 13.2 Å². The molecule has 1 amide bonds. The fourth-order valence-electron chi connectivity index (χ4n) is 1.74. The van der Waals surface area contributed by atoms with E-state index in [0.29, 0.717) is 13.2 Å². The molecule has 0 aromatic rings. The Kier molecular flexibility index (Phi) is 4.70. The van der Waals surface area contributed by atoms with Crippen LogP contribution in [-0.4, -0.2) is 55.2 Å². The van der Waals surface area contributed by atoms with Crippen LogP contribution in [0.2, 0.25) is 0 Å². The van der Waals surface area contributed by atoms with Gasteiger partial charge in [-0.1, -0.05) is 0 Å². The third-order valence-corrected chi connectivity index (χ3v) is 2.62. The van der Waals surface area contributed by atoms with Crippen molar-refractivity contribution >= 4 is 5.91 Å². The van der Waals surface area contributed by atoms with Gasteiger partial charge in [0, 0.05) is 25.2 Å². The molecule has 3 N–H and O–H groups in total. The Bertz CT molecular complexity index is 238. The van der Waals surface area contributed by atoms with Crippen molar-refractivity contribution in [3.8, 4) is 0 Å². The summed E-state index contributed by atoms with van der Waals surface area (Å²) in [6.45, 7) is 9.93. The van der Waals surface area contributed by atoms with Crippen molar-refractivity contribution in [2.24, 2.45) is 5.73 Å². The lowest BCUT2D eigenvalue weighted by atomic mass is 10.1. The lowest BCUT2D eigenvalue weighted by Gasteiger charge is -2.34. The van der Waals surface area contributed by atoms with Gasteiger partial charge in [-0.2, -0.15) is 0 Å². The maximum Gasteiger partial charge on any atom is 0.237 e. The first-order chi connectivity index (χ1) is 7.40. The molecule has 0 spiro atoms. The van der Waals surface area contributed by atoms with Crippen molar-refractivity contribution in [1.82, 2.24) is 10.2 Å². The first-order valence-electron chi connectivity index (χ1n) is 5.76. The topological polar surface area (TPSA) is 67.6 Å². The molecule has 1 aliphatic heterocycles. The van der Waals surface area contributed by atoms with Crippen LogP contribution in [0.3, 0.4) is 0 Å². The van der Waals surface area contributed by atoms with Gasteiger partial charge in [-0.05, 0) is 20.8 Å². The molecule has 0 bridgehead atoms. The van der Waals surface area contributed by atoms with Crippen LogP contribution < -0.4 is 11.1 Å². The minimum Gasteiger partial charge on any atom is -0.378 e. The zero-order valence-electron chi connectivity index (χ0n) is 10.5. The second kappa shape index (κ2) is 5.61. The van der Waals surface area contributed by atoms with Crippen LogP contribution in [0, 0.1) is 0 Å². The van der Waals surface area contributed by atoms with E-state index < -0.39 is 0 Å². The standard InChI is InChI=1S/C11H23N3O2/c1-11(2,3)13-4-5-14-6-7-16-8-9(14)10(12)15/h9,13H,4-8H2,1-3H3,(H2,12,15). The number of ether oxygens (including phenoxy) is 1. The summed E-state index contributed by atoms with van der Waals surface area (Å²) in [4.78, 5) is 13.3. The molecule has 0 radical (unpaired) electrons. The van der Waals surface area contributed by atoms with Crippen LogP contribution in [0.1, 0.15) is 20.8 Å². The fraction of sp³-hybridized carbons (Fsp3) is 0.909. The molecule has 1 saturated heterocycles. The van der Waals surface area contributed by atoms with Gasteiger partial charge in [0.2, 0.25) is 5.91 Å². The van der Waals surface area contributed by atoms with E-state index in [-0.39, 0.29) is 17.5 Å². The van der Waals surface area contributed by atoms with Crippen molar-refractivity contribution < 1.29 is 9.53 Å². The summed E-state index contributed by atoms with van der Waals surface area (Å²) >= 11 is 0. The third kappa shape index (κ3) is 4.47. The highest BCUT2D eigenvalue weighted by molar-refractivity contribution is 5.80. The molecule has 94 valence electrons. The van der Waals surface area contributed by atoms with Crippen LogP contribution in [0.5, 0.6) is 0 Å². The first kappa shape index (κ1) is 13.4. The van der Waals surface area contributed by atoms with Gasteiger partial charge in [0.15, 0.2) is 0 Å².